The number of esters is 1. The molecule has 1 saturated heterocycles. The number of para-hydroxylation sites is 2. The molecule has 5 aliphatic rings. The molecule has 0 aromatic heterocycles. The number of nitrogens with one attached hydrogen (secondary N) is 1. The number of anilines is 2. The Morgan fingerprint density at radius 1 is 1.02 bits per heavy atom. The summed E-state index contributed by atoms with van der Waals surface area (Å²) in [5, 5.41) is 4.01. The van der Waals surface area contributed by atoms with E-state index in [9.17, 15) is 14.4 Å². The van der Waals surface area contributed by atoms with E-state index >= 15 is 8.78 Å². The van der Waals surface area contributed by atoms with Crippen LogP contribution in [0.3, 0.4) is 0 Å². The number of rotatable bonds is 7. The molecule has 7 rings (SSSR count). The van der Waals surface area contributed by atoms with E-state index < -0.39 is 70.0 Å². The molecule has 260 valence electrons. The van der Waals surface area contributed by atoms with Gasteiger partial charge in [-0.1, -0.05) is 60.5 Å². The summed E-state index contributed by atoms with van der Waals surface area (Å²) in [6.45, 7) is 6.46. The van der Waals surface area contributed by atoms with Gasteiger partial charge in [-0.2, -0.15) is 0 Å². The number of fused-ring (bicyclic) bond motifs is 7. The predicted octanol–water partition coefficient (Wildman–Crippen LogP) is 8.59. The molecule has 2 aromatic carbocycles. The predicted molar refractivity (Wildman–Crippen MR) is 181 cm³/mol. The molecule has 2 aromatic rings. The molecule has 4 unspecified atom stereocenters. The molecule has 4 aliphatic carbocycles. The maximum atomic E-state index is 17.6. The molecule has 7 nitrogen and oxygen atoms in total. The van der Waals surface area contributed by atoms with Gasteiger partial charge in [-0.15, -0.1) is 0 Å². The molecule has 1 aliphatic heterocycles. The van der Waals surface area contributed by atoms with Crippen molar-refractivity contribution in [3.05, 3.63) is 81.6 Å². The zero-order chi connectivity index (χ0) is 35.1. The SMILES string of the molecule is CC1(C)O[C@@H]2CC3C4CC(F)=C5CC(=O)C=CC5(C)[C@@]4(F)CCC3(C)[C@]2(C(=O)COC(=O)Cc2ccccc2Nc2c(Cl)cccc2Cl)O1. The van der Waals surface area contributed by atoms with Crippen molar-refractivity contribution >= 4 is 52.1 Å². The maximum absolute atomic E-state index is 17.6. The standard InChI is InChI=1S/C38H39Cl2F2NO6/c1-34(2)48-31-19-23-24-18-28(41)25-17-22(44)12-13-35(25,3)37(24,42)15-14-36(23,4)38(31,49-34)30(45)20-47-32(46)16-21-8-5-6-11-29(21)43-33-26(39)9-7-10-27(33)40/h5-13,23-24,31,43H,14-20H2,1-4H3/t23?,24?,31-,35?,36?,37-,38-/m1/s1. The number of ketones is 2. The number of Topliss-reactive ketones (excluding diaryl/α,β-unsaturated/α-hetero) is 1. The van der Waals surface area contributed by atoms with Gasteiger partial charge in [-0.05, 0) is 81.4 Å². The van der Waals surface area contributed by atoms with E-state index in [4.69, 9.17) is 37.4 Å². The molecule has 0 bridgehead atoms. The highest BCUT2D eigenvalue weighted by molar-refractivity contribution is 6.39. The lowest BCUT2D eigenvalue weighted by molar-refractivity contribution is -0.224. The number of halogens is 4. The van der Waals surface area contributed by atoms with E-state index in [1.807, 2.05) is 6.92 Å². The van der Waals surface area contributed by atoms with Gasteiger partial charge in [0.25, 0.3) is 0 Å². The third-order valence-corrected chi connectivity index (χ3v) is 12.7. The van der Waals surface area contributed by atoms with Gasteiger partial charge in [0.15, 0.2) is 23.8 Å². The summed E-state index contributed by atoms with van der Waals surface area (Å²) >= 11 is 12.7. The van der Waals surface area contributed by atoms with Crippen molar-refractivity contribution in [1.29, 1.82) is 0 Å². The normalized spacial score (nSPS) is 35.7. The number of carbonyl (C=O) groups is 3. The fourth-order valence-corrected chi connectivity index (χ4v) is 10.2. The van der Waals surface area contributed by atoms with Crippen LogP contribution in [0.1, 0.15) is 65.4 Å². The van der Waals surface area contributed by atoms with E-state index in [-0.39, 0.29) is 49.9 Å². The summed E-state index contributed by atoms with van der Waals surface area (Å²) in [6.07, 6.45) is 2.29. The Bertz CT molecular complexity index is 1810. The first kappa shape index (κ1) is 34.3. The van der Waals surface area contributed by atoms with E-state index in [1.54, 1.807) is 63.2 Å². The van der Waals surface area contributed by atoms with Crippen LogP contribution in [0, 0.1) is 22.7 Å². The van der Waals surface area contributed by atoms with Crippen LogP contribution in [-0.2, 0) is 35.0 Å². The van der Waals surface area contributed by atoms with Crippen molar-refractivity contribution in [2.75, 3.05) is 11.9 Å². The van der Waals surface area contributed by atoms with Crippen LogP contribution in [0.15, 0.2) is 66.0 Å². The van der Waals surface area contributed by atoms with E-state index in [0.29, 0.717) is 27.0 Å². The molecule has 0 radical (unpaired) electrons. The number of ether oxygens (including phenoxy) is 3. The maximum Gasteiger partial charge on any atom is 0.310 e. The van der Waals surface area contributed by atoms with Crippen LogP contribution >= 0.6 is 23.2 Å². The highest BCUT2D eigenvalue weighted by Crippen LogP contribution is 2.72. The topological polar surface area (TPSA) is 90.9 Å². The Hall–Kier alpha value is -3.11. The van der Waals surface area contributed by atoms with Gasteiger partial charge in [0.1, 0.15) is 11.5 Å². The smallest absolute Gasteiger partial charge is 0.310 e. The lowest BCUT2D eigenvalue weighted by Crippen LogP contribution is -2.65. The van der Waals surface area contributed by atoms with Crippen molar-refractivity contribution < 1.29 is 37.4 Å². The fraction of sp³-hybridized carbons (Fsp3) is 0.500. The summed E-state index contributed by atoms with van der Waals surface area (Å²) in [6, 6.07) is 12.2. The number of benzene rings is 2. The van der Waals surface area contributed by atoms with Crippen LogP contribution in [-0.4, -0.2) is 47.3 Å². The molecule has 11 heteroatoms. The van der Waals surface area contributed by atoms with Crippen molar-refractivity contribution in [3.8, 4) is 0 Å². The fourth-order valence-electron chi connectivity index (χ4n) is 9.67. The Morgan fingerprint density at radius 2 is 1.73 bits per heavy atom. The van der Waals surface area contributed by atoms with Crippen molar-refractivity contribution in [1.82, 2.24) is 0 Å². The van der Waals surface area contributed by atoms with E-state index in [2.05, 4.69) is 5.32 Å². The van der Waals surface area contributed by atoms with Gasteiger partial charge in [0.2, 0.25) is 5.78 Å². The molecule has 0 amide bonds. The van der Waals surface area contributed by atoms with Crippen LogP contribution in [0.5, 0.6) is 0 Å². The molecule has 49 heavy (non-hydrogen) atoms. The molecular weight excluding hydrogens is 675 g/mol. The quantitative estimate of drug-likeness (QED) is 0.288. The Labute approximate surface area is 294 Å². The molecule has 0 spiro atoms. The number of allylic oxidation sites excluding steroid dienone is 4. The largest absolute Gasteiger partial charge is 0.457 e. The highest BCUT2D eigenvalue weighted by Gasteiger charge is 2.78. The van der Waals surface area contributed by atoms with Crippen LogP contribution < -0.4 is 5.32 Å². The van der Waals surface area contributed by atoms with Gasteiger partial charge in [-0.25, -0.2) is 8.78 Å². The Morgan fingerprint density at radius 3 is 2.47 bits per heavy atom. The lowest BCUT2D eigenvalue weighted by Gasteiger charge is -2.60. The first-order chi connectivity index (χ1) is 23.0. The van der Waals surface area contributed by atoms with Crippen molar-refractivity contribution in [3.63, 3.8) is 0 Å². The van der Waals surface area contributed by atoms with Gasteiger partial charge in [0.05, 0.1) is 28.3 Å². The highest BCUT2D eigenvalue weighted by atomic mass is 35.5. The first-order valence-corrected chi connectivity index (χ1v) is 17.4. The van der Waals surface area contributed by atoms with E-state index in [1.165, 1.54) is 12.2 Å². The minimum atomic E-state index is -1.83. The molecule has 3 fully saturated rings. The third-order valence-electron chi connectivity index (χ3n) is 12.0. The molecular formula is C38H39Cl2F2NO6. The van der Waals surface area contributed by atoms with Crippen LogP contribution in [0.4, 0.5) is 20.2 Å². The average molecular weight is 715 g/mol. The van der Waals surface area contributed by atoms with Crippen molar-refractivity contribution in [2.24, 2.45) is 22.7 Å². The summed E-state index contributed by atoms with van der Waals surface area (Å²) in [5.41, 5.74) is -3.67. The van der Waals surface area contributed by atoms with Gasteiger partial charge >= 0.3 is 5.97 Å². The second-order valence-corrected chi connectivity index (χ2v) is 15.8. The Balaban J connectivity index is 1.13. The number of hydrogen-bond donors (Lipinski definition) is 1. The monoisotopic (exact) mass is 713 g/mol. The van der Waals surface area contributed by atoms with Gasteiger partial charge < -0.3 is 19.5 Å². The summed E-state index contributed by atoms with van der Waals surface area (Å²) in [4.78, 5) is 39.9. The first-order valence-electron chi connectivity index (χ1n) is 16.7. The van der Waals surface area contributed by atoms with Gasteiger partial charge in [0, 0.05) is 35.3 Å². The number of hydrogen-bond acceptors (Lipinski definition) is 7. The zero-order valence-corrected chi connectivity index (χ0v) is 29.4. The second-order valence-electron chi connectivity index (χ2n) is 15.0. The minimum Gasteiger partial charge on any atom is -0.457 e. The van der Waals surface area contributed by atoms with Gasteiger partial charge in [-0.3, -0.25) is 14.4 Å². The zero-order valence-electron chi connectivity index (χ0n) is 27.8. The molecule has 1 heterocycles. The summed E-state index contributed by atoms with van der Waals surface area (Å²) in [7, 11) is 0. The average Bonchev–Trinajstić information content (AvgIpc) is 3.46. The molecule has 2 saturated carbocycles. The molecule has 7 atom stereocenters. The summed E-state index contributed by atoms with van der Waals surface area (Å²) in [5.74, 6) is -4.18. The number of alkyl halides is 1. The van der Waals surface area contributed by atoms with Crippen LogP contribution in [0.2, 0.25) is 10.0 Å². The van der Waals surface area contributed by atoms with Crippen LogP contribution in [0.25, 0.3) is 0 Å². The van der Waals surface area contributed by atoms with E-state index in [0.717, 1.165) is 0 Å². The summed E-state index contributed by atoms with van der Waals surface area (Å²) < 4.78 is 51.9. The van der Waals surface area contributed by atoms with Crippen molar-refractivity contribution in [2.45, 2.75) is 89.4 Å². The number of carbonyl (C=O) groups excluding carboxylic acids is 3. The Kier molecular flexibility index (Phi) is 8.22. The molecule has 1 N–H and O–H groups in total. The second kappa shape index (κ2) is 11.7. The third kappa shape index (κ3) is 5.13. The minimum absolute atomic E-state index is 0.0427. The lowest BCUT2D eigenvalue weighted by atomic mass is 9.46.